The van der Waals surface area contributed by atoms with Crippen LogP contribution < -0.4 is 9.46 Å². The Morgan fingerprint density at radius 2 is 1.95 bits per heavy atom. The zero-order valence-electron chi connectivity index (χ0n) is 11.2. The van der Waals surface area contributed by atoms with E-state index in [4.69, 9.17) is 9.84 Å². The van der Waals surface area contributed by atoms with Gasteiger partial charge in [0, 0.05) is 0 Å². The molecule has 0 saturated carbocycles. The van der Waals surface area contributed by atoms with Gasteiger partial charge < -0.3 is 14.6 Å². The molecule has 0 spiro atoms. The third-order valence-corrected chi connectivity index (χ3v) is 3.26. The number of ether oxygens (including phenoxy) is 2. The van der Waals surface area contributed by atoms with Crippen LogP contribution in [0.3, 0.4) is 0 Å². The summed E-state index contributed by atoms with van der Waals surface area (Å²) >= 11 is 0. The van der Waals surface area contributed by atoms with Crippen molar-refractivity contribution in [3.8, 4) is 5.75 Å². The van der Waals surface area contributed by atoms with Crippen molar-refractivity contribution in [2.45, 2.75) is 6.92 Å². The lowest BCUT2D eigenvalue weighted by Crippen LogP contribution is -2.24. The Hall–Kier alpha value is -2.29. The molecule has 0 aliphatic heterocycles. The maximum atomic E-state index is 11.8. The quantitative estimate of drug-likeness (QED) is 0.668. The number of benzene rings is 1. The molecule has 8 nitrogen and oxygen atoms in total. The topological polar surface area (TPSA) is 119 Å². The van der Waals surface area contributed by atoms with Crippen LogP contribution in [0.1, 0.15) is 6.92 Å². The number of sulfonamides is 1. The van der Waals surface area contributed by atoms with Crippen molar-refractivity contribution in [3.63, 3.8) is 0 Å². The Morgan fingerprint density at radius 1 is 1.29 bits per heavy atom. The number of carboxylic acid groups (broad SMARTS) is 1. The lowest BCUT2D eigenvalue weighted by atomic mass is 10.3. The van der Waals surface area contributed by atoms with Gasteiger partial charge in [-0.05, 0) is 19.1 Å². The summed E-state index contributed by atoms with van der Waals surface area (Å²) in [6.07, 6.45) is 0. The number of carboxylic acids is 1. The fraction of sp³-hybridized carbons (Fsp3) is 0.333. The van der Waals surface area contributed by atoms with Gasteiger partial charge in [-0.3, -0.25) is 9.52 Å². The number of carbonyl (C=O) groups is 2. The van der Waals surface area contributed by atoms with Crippen LogP contribution in [-0.2, 0) is 24.3 Å². The standard InChI is InChI=1S/C12H15NO7S/c1-2-19-12(16)8-21(17,18)13-9-5-3-4-6-10(9)20-7-11(14)15/h3-6,13H,2,7-8H2,1H3,(H,14,15). The fourth-order valence-corrected chi connectivity index (χ4v) is 2.35. The molecule has 0 radical (unpaired) electrons. The highest BCUT2D eigenvalue weighted by molar-refractivity contribution is 7.93. The van der Waals surface area contributed by atoms with Gasteiger partial charge in [-0.1, -0.05) is 12.1 Å². The SMILES string of the molecule is CCOC(=O)CS(=O)(=O)Nc1ccccc1OCC(=O)O. The molecule has 0 bridgehead atoms. The van der Waals surface area contributed by atoms with E-state index in [1.165, 1.54) is 18.2 Å². The Kier molecular flexibility index (Phi) is 5.97. The van der Waals surface area contributed by atoms with E-state index >= 15 is 0 Å². The smallest absolute Gasteiger partial charge is 0.341 e. The number of rotatable bonds is 8. The van der Waals surface area contributed by atoms with E-state index < -0.39 is 34.3 Å². The maximum absolute atomic E-state index is 11.8. The highest BCUT2D eigenvalue weighted by Gasteiger charge is 2.19. The predicted octanol–water partition coefficient (Wildman–Crippen LogP) is 0.455. The van der Waals surface area contributed by atoms with Crippen molar-refractivity contribution < 1.29 is 32.6 Å². The monoisotopic (exact) mass is 317 g/mol. The molecule has 0 fully saturated rings. The van der Waals surface area contributed by atoms with Gasteiger partial charge in [-0.25, -0.2) is 13.2 Å². The number of aliphatic carboxylic acids is 1. The van der Waals surface area contributed by atoms with Gasteiger partial charge >= 0.3 is 11.9 Å². The second-order valence-electron chi connectivity index (χ2n) is 3.84. The van der Waals surface area contributed by atoms with Crippen molar-refractivity contribution in [2.24, 2.45) is 0 Å². The average molecular weight is 317 g/mol. The second kappa shape index (κ2) is 7.48. The minimum atomic E-state index is -3.97. The van der Waals surface area contributed by atoms with Crippen LogP contribution in [0.4, 0.5) is 5.69 Å². The summed E-state index contributed by atoms with van der Waals surface area (Å²) in [5.74, 6) is -2.87. The van der Waals surface area contributed by atoms with Crippen LogP contribution >= 0.6 is 0 Å². The molecule has 1 rings (SSSR count). The number of carbonyl (C=O) groups excluding carboxylic acids is 1. The van der Waals surface area contributed by atoms with Crippen molar-refractivity contribution >= 4 is 27.6 Å². The molecule has 0 aromatic heterocycles. The fourth-order valence-electron chi connectivity index (χ4n) is 1.38. The number of esters is 1. The van der Waals surface area contributed by atoms with Crippen molar-refractivity contribution in [1.82, 2.24) is 0 Å². The Labute approximate surface area is 121 Å². The Morgan fingerprint density at radius 3 is 2.57 bits per heavy atom. The zero-order chi connectivity index (χ0) is 15.9. The summed E-state index contributed by atoms with van der Waals surface area (Å²) in [5.41, 5.74) is 0.0445. The van der Waals surface area contributed by atoms with Gasteiger partial charge in [0.1, 0.15) is 5.75 Å². The van der Waals surface area contributed by atoms with E-state index in [2.05, 4.69) is 9.46 Å². The molecule has 2 N–H and O–H groups in total. The molecule has 0 unspecified atom stereocenters. The molecule has 116 valence electrons. The molecule has 0 saturated heterocycles. The number of hydrogen-bond acceptors (Lipinski definition) is 6. The van der Waals surface area contributed by atoms with Crippen LogP contribution in [0.2, 0.25) is 0 Å². The first-order chi connectivity index (χ1) is 9.84. The molecule has 0 heterocycles. The summed E-state index contributed by atoms with van der Waals surface area (Å²) in [6.45, 7) is 1.02. The summed E-state index contributed by atoms with van der Waals surface area (Å²) in [7, 11) is -3.97. The lowest BCUT2D eigenvalue weighted by Gasteiger charge is -2.12. The van der Waals surface area contributed by atoms with Crippen molar-refractivity contribution in [2.75, 3.05) is 23.7 Å². The van der Waals surface area contributed by atoms with Crippen molar-refractivity contribution in [3.05, 3.63) is 24.3 Å². The first-order valence-corrected chi connectivity index (χ1v) is 7.59. The van der Waals surface area contributed by atoms with Crippen LogP contribution in [-0.4, -0.2) is 44.4 Å². The van der Waals surface area contributed by atoms with Crippen LogP contribution in [0.25, 0.3) is 0 Å². The molecular weight excluding hydrogens is 302 g/mol. The van der Waals surface area contributed by atoms with E-state index in [1.807, 2.05) is 0 Å². The third-order valence-electron chi connectivity index (χ3n) is 2.12. The minimum Gasteiger partial charge on any atom is -0.480 e. The number of para-hydroxylation sites is 2. The molecule has 1 aromatic carbocycles. The summed E-state index contributed by atoms with van der Waals surface area (Å²) < 4.78 is 35.2. The normalized spacial score (nSPS) is 10.7. The largest absolute Gasteiger partial charge is 0.480 e. The predicted molar refractivity (Wildman–Crippen MR) is 73.6 cm³/mol. The Bertz CT molecular complexity index is 612. The number of hydrogen-bond donors (Lipinski definition) is 2. The van der Waals surface area contributed by atoms with Gasteiger partial charge in [-0.15, -0.1) is 0 Å². The van der Waals surface area contributed by atoms with Crippen LogP contribution in [0, 0.1) is 0 Å². The van der Waals surface area contributed by atoms with E-state index in [-0.39, 0.29) is 18.0 Å². The zero-order valence-corrected chi connectivity index (χ0v) is 12.1. The van der Waals surface area contributed by atoms with E-state index in [9.17, 15) is 18.0 Å². The van der Waals surface area contributed by atoms with Gasteiger partial charge in [0.2, 0.25) is 10.0 Å². The highest BCUT2D eigenvalue weighted by Crippen LogP contribution is 2.24. The van der Waals surface area contributed by atoms with E-state index in [0.717, 1.165) is 0 Å². The summed E-state index contributed by atoms with van der Waals surface area (Å²) in [4.78, 5) is 21.7. The molecule has 0 aliphatic carbocycles. The molecule has 9 heteroatoms. The first kappa shape index (κ1) is 16.8. The van der Waals surface area contributed by atoms with Crippen LogP contribution in [0.5, 0.6) is 5.75 Å². The molecule has 0 atom stereocenters. The van der Waals surface area contributed by atoms with Crippen LogP contribution in [0.15, 0.2) is 24.3 Å². The second-order valence-corrected chi connectivity index (χ2v) is 5.57. The van der Waals surface area contributed by atoms with Gasteiger partial charge in [0.25, 0.3) is 0 Å². The first-order valence-electron chi connectivity index (χ1n) is 5.94. The van der Waals surface area contributed by atoms with Crippen molar-refractivity contribution in [1.29, 1.82) is 0 Å². The molecular formula is C12H15NO7S. The van der Waals surface area contributed by atoms with E-state index in [0.29, 0.717) is 0 Å². The summed E-state index contributed by atoms with van der Waals surface area (Å²) in [5, 5.41) is 8.55. The minimum absolute atomic E-state index is 0.0445. The van der Waals surface area contributed by atoms with Gasteiger partial charge in [0.05, 0.1) is 12.3 Å². The van der Waals surface area contributed by atoms with Gasteiger partial charge in [-0.2, -0.15) is 0 Å². The molecule has 0 amide bonds. The highest BCUT2D eigenvalue weighted by atomic mass is 32.2. The van der Waals surface area contributed by atoms with E-state index in [1.54, 1.807) is 13.0 Å². The lowest BCUT2D eigenvalue weighted by molar-refractivity contribution is -0.140. The average Bonchev–Trinajstić information content (AvgIpc) is 2.36. The molecule has 0 aliphatic rings. The number of anilines is 1. The molecule has 21 heavy (non-hydrogen) atoms. The summed E-state index contributed by atoms with van der Waals surface area (Å²) in [6, 6.07) is 5.89. The number of nitrogens with one attached hydrogen (secondary N) is 1. The van der Waals surface area contributed by atoms with Gasteiger partial charge in [0.15, 0.2) is 12.4 Å². The molecule has 1 aromatic rings. The maximum Gasteiger partial charge on any atom is 0.341 e. The Balaban J connectivity index is 2.81. The third kappa shape index (κ3) is 6.13.